The van der Waals surface area contributed by atoms with Crippen LogP contribution in [0, 0.1) is 10.1 Å². The summed E-state index contributed by atoms with van der Waals surface area (Å²) in [5, 5.41) is 10.9. The summed E-state index contributed by atoms with van der Waals surface area (Å²) in [5.41, 5.74) is 6.86. The summed E-state index contributed by atoms with van der Waals surface area (Å²) in [6, 6.07) is 5.70. The number of esters is 1. The van der Waals surface area contributed by atoms with Crippen LogP contribution in [0.1, 0.15) is 37.7 Å². The third-order valence-electron chi connectivity index (χ3n) is 4.42. The molecular formula is C18H18N2O6. The van der Waals surface area contributed by atoms with Gasteiger partial charge in [-0.2, -0.15) is 0 Å². The van der Waals surface area contributed by atoms with Crippen molar-refractivity contribution >= 4 is 17.4 Å². The zero-order valence-corrected chi connectivity index (χ0v) is 14.2. The van der Waals surface area contributed by atoms with Crippen LogP contribution in [-0.4, -0.2) is 23.3 Å². The Balaban J connectivity index is 2.13. The van der Waals surface area contributed by atoms with Gasteiger partial charge >= 0.3 is 5.97 Å². The van der Waals surface area contributed by atoms with E-state index in [4.69, 9.17) is 15.2 Å². The molecule has 8 nitrogen and oxygen atoms in total. The molecule has 0 saturated heterocycles. The number of hydrogen-bond donors (Lipinski definition) is 1. The first kappa shape index (κ1) is 17.7. The molecule has 2 N–H and O–H groups in total. The average Bonchev–Trinajstić information content (AvgIpc) is 2.61. The monoisotopic (exact) mass is 358 g/mol. The molecule has 1 heterocycles. The topological polar surface area (TPSA) is 122 Å². The van der Waals surface area contributed by atoms with Crippen molar-refractivity contribution in [3.63, 3.8) is 0 Å². The van der Waals surface area contributed by atoms with Gasteiger partial charge in [-0.15, -0.1) is 0 Å². The number of nitrogens with two attached hydrogens (primary N) is 1. The number of hydrogen-bond acceptors (Lipinski definition) is 7. The van der Waals surface area contributed by atoms with Gasteiger partial charge in [0, 0.05) is 30.5 Å². The smallest absolute Gasteiger partial charge is 0.340 e. The fourth-order valence-corrected chi connectivity index (χ4v) is 3.29. The molecule has 2 aliphatic rings. The molecule has 0 unspecified atom stereocenters. The van der Waals surface area contributed by atoms with E-state index in [2.05, 4.69) is 0 Å². The van der Waals surface area contributed by atoms with Crippen LogP contribution in [0.2, 0.25) is 0 Å². The summed E-state index contributed by atoms with van der Waals surface area (Å²) in [7, 11) is 0. The summed E-state index contributed by atoms with van der Waals surface area (Å²) < 4.78 is 10.6. The number of allylic oxidation sites excluding steroid dienone is 2. The molecule has 3 rings (SSSR count). The Bertz CT molecular complexity index is 838. The Morgan fingerprint density at radius 2 is 2.04 bits per heavy atom. The minimum absolute atomic E-state index is 0.0507. The Labute approximate surface area is 149 Å². The quantitative estimate of drug-likeness (QED) is 0.498. The number of nitro groups is 1. The summed E-state index contributed by atoms with van der Waals surface area (Å²) in [4.78, 5) is 35.4. The molecule has 0 amide bonds. The summed E-state index contributed by atoms with van der Waals surface area (Å²) in [5.74, 6) is -1.19. The maximum atomic E-state index is 12.6. The van der Waals surface area contributed by atoms with Crippen LogP contribution in [0.3, 0.4) is 0 Å². The molecule has 0 fully saturated rings. The normalized spacial score (nSPS) is 19.7. The number of benzene rings is 1. The minimum Gasteiger partial charge on any atom is -0.462 e. The average molecular weight is 358 g/mol. The Hall–Kier alpha value is -3.16. The molecule has 1 aromatic rings. The van der Waals surface area contributed by atoms with E-state index in [-0.39, 0.29) is 29.5 Å². The van der Waals surface area contributed by atoms with Crippen LogP contribution < -0.4 is 5.73 Å². The fraction of sp³-hybridized carbons (Fsp3) is 0.333. The first-order valence-electron chi connectivity index (χ1n) is 8.29. The lowest BCUT2D eigenvalue weighted by Gasteiger charge is -2.32. The zero-order chi connectivity index (χ0) is 18.8. The number of ketones is 1. The van der Waals surface area contributed by atoms with Gasteiger partial charge in [0.2, 0.25) is 5.88 Å². The van der Waals surface area contributed by atoms with Crippen molar-refractivity contribution in [1.29, 1.82) is 0 Å². The van der Waals surface area contributed by atoms with E-state index in [1.165, 1.54) is 24.3 Å². The van der Waals surface area contributed by atoms with E-state index in [1.807, 2.05) is 0 Å². The molecule has 1 atom stereocenters. The van der Waals surface area contributed by atoms with Crippen molar-refractivity contribution in [3.05, 3.63) is 62.7 Å². The molecule has 0 aromatic heterocycles. The zero-order valence-electron chi connectivity index (χ0n) is 14.2. The van der Waals surface area contributed by atoms with Crippen molar-refractivity contribution in [3.8, 4) is 0 Å². The number of Topliss-reactive ketones (excluding diaryl/α,β-unsaturated/α-hetero) is 1. The van der Waals surface area contributed by atoms with E-state index in [1.54, 1.807) is 6.92 Å². The van der Waals surface area contributed by atoms with Crippen LogP contribution >= 0.6 is 0 Å². The fourth-order valence-electron chi connectivity index (χ4n) is 3.29. The number of rotatable bonds is 4. The molecule has 1 aromatic carbocycles. The highest BCUT2D eigenvalue weighted by Crippen LogP contribution is 2.44. The predicted octanol–water partition coefficient (Wildman–Crippen LogP) is 2.45. The van der Waals surface area contributed by atoms with Gasteiger partial charge in [-0.25, -0.2) is 4.79 Å². The van der Waals surface area contributed by atoms with Crippen molar-refractivity contribution < 1.29 is 24.0 Å². The lowest BCUT2D eigenvalue weighted by atomic mass is 9.77. The predicted molar refractivity (Wildman–Crippen MR) is 90.7 cm³/mol. The van der Waals surface area contributed by atoms with E-state index in [0.717, 1.165) is 0 Å². The molecular weight excluding hydrogens is 340 g/mol. The molecule has 26 heavy (non-hydrogen) atoms. The molecule has 8 heteroatoms. The molecule has 0 saturated carbocycles. The first-order valence-corrected chi connectivity index (χ1v) is 8.29. The second kappa shape index (κ2) is 6.99. The van der Waals surface area contributed by atoms with E-state index in [9.17, 15) is 19.7 Å². The van der Waals surface area contributed by atoms with Crippen LogP contribution in [0.25, 0.3) is 0 Å². The number of carbonyl (C=O) groups is 2. The number of carbonyl (C=O) groups excluding carboxylic acids is 2. The van der Waals surface area contributed by atoms with Gasteiger partial charge in [0.1, 0.15) is 11.3 Å². The second-order valence-electron chi connectivity index (χ2n) is 6.00. The summed E-state index contributed by atoms with van der Waals surface area (Å²) in [6.07, 6.45) is 1.54. The lowest BCUT2D eigenvalue weighted by molar-refractivity contribution is -0.384. The van der Waals surface area contributed by atoms with Gasteiger partial charge in [-0.05, 0) is 18.9 Å². The maximum Gasteiger partial charge on any atom is 0.340 e. The summed E-state index contributed by atoms with van der Waals surface area (Å²) in [6.45, 7) is 1.80. The van der Waals surface area contributed by atoms with Crippen LogP contribution in [0.4, 0.5) is 5.69 Å². The van der Waals surface area contributed by atoms with Crippen molar-refractivity contribution in [2.45, 2.75) is 32.1 Å². The largest absolute Gasteiger partial charge is 0.462 e. The minimum atomic E-state index is -0.758. The molecule has 0 bridgehead atoms. The lowest BCUT2D eigenvalue weighted by Crippen LogP contribution is -2.31. The van der Waals surface area contributed by atoms with E-state index < -0.39 is 16.8 Å². The highest BCUT2D eigenvalue weighted by atomic mass is 16.6. The number of nitro benzene ring substituents is 1. The molecule has 1 aliphatic heterocycles. The van der Waals surface area contributed by atoms with Crippen molar-refractivity contribution in [1.82, 2.24) is 0 Å². The van der Waals surface area contributed by atoms with E-state index >= 15 is 0 Å². The Kier molecular flexibility index (Phi) is 4.75. The highest BCUT2D eigenvalue weighted by molar-refractivity contribution is 6.03. The van der Waals surface area contributed by atoms with Gasteiger partial charge in [0.25, 0.3) is 5.69 Å². The standard InChI is InChI=1S/C18H18N2O6/c1-2-25-18(22)16-14(10-6-8-11(9-7-10)20(23)24)15-12(21)4-3-5-13(15)26-17(16)19/h6-9,14H,2-5,19H2,1H3/t14-/m0/s1. The van der Waals surface area contributed by atoms with Gasteiger partial charge in [-0.1, -0.05) is 12.1 Å². The highest BCUT2D eigenvalue weighted by Gasteiger charge is 2.41. The van der Waals surface area contributed by atoms with Gasteiger partial charge in [-0.3, -0.25) is 14.9 Å². The van der Waals surface area contributed by atoms with E-state index in [0.29, 0.717) is 36.2 Å². The molecule has 1 aliphatic carbocycles. The molecule has 0 spiro atoms. The number of ether oxygens (including phenoxy) is 2. The summed E-state index contributed by atoms with van der Waals surface area (Å²) >= 11 is 0. The maximum absolute atomic E-state index is 12.6. The molecule has 0 radical (unpaired) electrons. The third kappa shape index (κ3) is 3.05. The van der Waals surface area contributed by atoms with Gasteiger partial charge < -0.3 is 15.2 Å². The van der Waals surface area contributed by atoms with Crippen LogP contribution in [-0.2, 0) is 19.1 Å². The number of non-ortho nitro benzene ring substituents is 1. The number of nitrogens with zero attached hydrogens (tertiary/aromatic N) is 1. The van der Waals surface area contributed by atoms with Crippen molar-refractivity contribution in [2.75, 3.05) is 6.61 Å². The van der Waals surface area contributed by atoms with Gasteiger partial charge in [0.05, 0.1) is 17.4 Å². The van der Waals surface area contributed by atoms with Crippen LogP contribution in [0.15, 0.2) is 47.1 Å². The second-order valence-corrected chi connectivity index (χ2v) is 6.00. The van der Waals surface area contributed by atoms with Crippen molar-refractivity contribution in [2.24, 2.45) is 5.73 Å². The van der Waals surface area contributed by atoms with Gasteiger partial charge in [0.15, 0.2) is 5.78 Å². The van der Waals surface area contributed by atoms with Crippen LogP contribution in [0.5, 0.6) is 0 Å². The Morgan fingerprint density at radius 3 is 2.65 bits per heavy atom. The Morgan fingerprint density at radius 1 is 1.35 bits per heavy atom. The SMILES string of the molecule is CCOC(=O)C1=C(N)OC2=C(C(=O)CCC2)[C@@H]1c1ccc([N+](=O)[O-])cc1. The molecule has 136 valence electrons. The third-order valence-corrected chi connectivity index (χ3v) is 4.42. The first-order chi connectivity index (χ1) is 12.4.